The summed E-state index contributed by atoms with van der Waals surface area (Å²) in [4.78, 5) is 15.8. The van der Waals surface area contributed by atoms with E-state index >= 15 is 0 Å². The van der Waals surface area contributed by atoms with Crippen LogP contribution in [0.1, 0.15) is 5.82 Å². The zero-order valence-corrected chi connectivity index (χ0v) is 10.2. The van der Waals surface area contributed by atoms with Crippen molar-refractivity contribution in [1.82, 2.24) is 24.6 Å². The Bertz CT molecular complexity index is 529. The minimum atomic E-state index is -0.0905. The quantitative estimate of drug-likeness (QED) is 0.750. The average molecular weight is 248 g/mol. The molecule has 0 saturated heterocycles. The van der Waals surface area contributed by atoms with Gasteiger partial charge in [-0.15, -0.1) is 0 Å². The molecule has 7 nitrogen and oxygen atoms in total. The van der Waals surface area contributed by atoms with Gasteiger partial charge in [-0.2, -0.15) is 5.10 Å². The van der Waals surface area contributed by atoms with Gasteiger partial charge in [0.05, 0.1) is 11.9 Å². The topological polar surface area (TPSA) is 90.8 Å². The number of rotatable bonds is 5. The molecule has 18 heavy (non-hydrogen) atoms. The molecule has 0 atom stereocenters. The lowest BCUT2D eigenvalue weighted by Gasteiger charge is -2.05. The third kappa shape index (κ3) is 3.09. The number of nitrogens with two attached hydrogens (primary N) is 1. The van der Waals surface area contributed by atoms with E-state index in [9.17, 15) is 4.79 Å². The number of nitrogen functional groups attached to an aromatic ring is 1. The number of imidazole rings is 1. The second-order valence-corrected chi connectivity index (χ2v) is 4.03. The lowest BCUT2D eigenvalue weighted by molar-refractivity contribution is -0.121. The number of carbonyl (C=O) groups is 1. The van der Waals surface area contributed by atoms with Gasteiger partial charge in [-0.3, -0.25) is 9.48 Å². The predicted molar refractivity (Wildman–Crippen MR) is 66.6 cm³/mol. The third-order valence-electron chi connectivity index (χ3n) is 2.55. The van der Waals surface area contributed by atoms with E-state index in [-0.39, 0.29) is 12.5 Å². The van der Waals surface area contributed by atoms with Gasteiger partial charge in [0.2, 0.25) is 5.91 Å². The molecule has 0 fully saturated rings. The van der Waals surface area contributed by atoms with Crippen molar-refractivity contribution in [1.29, 1.82) is 0 Å². The van der Waals surface area contributed by atoms with Crippen LogP contribution in [0.4, 0.5) is 5.69 Å². The van der Waals surface area contributed by atoms with Crippen LogP contribution in [-0.2, 0) is 24.8 Å². The summed E-state index contributed by atoms with van der Waals surface area (Å²) >= 11 is 0. The summed E-state index contributed by atoms with van der Waals surface area (Å²) in [5.41, 5.74) is 6.06. The van der Waals surface area contributed by atoms with E-state index in [1.54, 1.807) is 12.4 Å². The lowest BCUT2D eigenvalue weighted by Crippen LogP contribution is -2.30. The van der Waals surface area contributed by atoms with E-state index in [1.165, 1.54) is 10.9 Å². The van der Waals surface area contributed by atoms with Crippen molar-refractivity contribution < 1.29 is 4.79 Å². The molecule has 0 aliphatic carbocycles. The number of aromatic nitrogens is 4. The SMILES string of the molecule is Cn1ccnc1CCNC(=O)Cn1cc(N)cn1. The molecule has 0 saturated carbocycles. The first-order valence-electron chi connectivity index (χ1n) is 5.66. The van der Waals surface area contributed by atoms with Crippen LogP contribution in [0.3, 0.4) is 0 Å². The summed E-state index contributed by atoms with van der Waals surface area (Å²) in [6, 6.07) is 0. The number of aryl methyl sites for hydroxylation is 1. The van der Waals surface area contributed by atoms with Gasteiger partial charge in [-0.25, -0.2) is 4.98 Å². The molecular weight excluding hydrogens is 232 g/mol. The first-order valence-corrected chi connectivity index (χ1v) is 5.66. The Morgan fingerprint density at radius 3 is 3.00 bits per heavy atom. The highest BCUT2D eigenvalue weighted by Gasteiger charge is 2.04. The molecule has 2 rings (SSSR count). The summed E-state index contributed by atoms with van der Waals surface area (Å²) in [6.45, 7) is 0.734. The van der Waals surface area contributed by atoms with Gasteiger partial charge >= 0.3 is 0 Å². The molecule has 3 N–H and O–H groups in total. The molecule has 0 aromatic carbocycles. The maximum atomic E-state index is 11.6. The van der Waals surface area contributed by atoms with Crippen molar-refractivity contribution in [3.05, 3.63) is 30.6 Å². The van der Waals surface area contributed by atoms with Crippen LogP contribution in [0.25, 0.3) is 0 Å². The van der Waals surface area contributed by atoms with Gasteiger partial charge in [-0.1, -0.05) is 0 Å². The largest absolute Gasteiger partial charge is 0.396 e. The number of hydrogen-bond acceptors (Lipinski definition) is 4. The van der Waals surface area contributed by atoms with E-state index in [2.05, 4.69) is 15.4 Å². The number of nitrogens with zero attached hydrogens (tertiary/aromatic N) is 4. The van der Waals surface area contributed by atoms with Crippen LogP contribution < -0.4 is 11.1 Å². The highest BCUT2D eigenvalue weighted by molar-refractivity contribution is 5.75. The Morgan fingerprint density at radius 1 is 1.56 bits per heavy atom. The number of carbonyl (C=O) groups excluding carboxylic acids is 1. The predicted octanol–water partition coefficient (Wildman–Crippen LogP) is -0.442. The van der Waals surface area contributed by atoms with Crippen LogP contribution >= 0.6 is 0 Å². The molecule has 0 aliphatic heterocycles. The summed E-state index contributed by atoms with van der Waals surface area (Å²) in [5.74, 6) is 0.853. The highest BCUT2D eigenvalue weighted by atomic mass is 16.2. The summed E-state index contributed by atoms with van der Waals surface area (Å²) in [6.07, 6.45) is 7.46. The monoisotopic (exact) mass is 248 g/mol. The molecule has 0 unspecified atom stereocenters. The average Bonchev–Trinajstić information content (AvgIpc) is 2.89. The van der Waals surface area contributed by atoms with Gasteiger partial charge in [0.15, 0.2) is 0 Å². The zero-order chi connectivity index (χ0) is 13.0. The number of anilines is 1. The fourth-order valence-corrected chi connectivity index (χ4v) is 1.62. The Balaban J connectivity index is 1.74. The Kier molecular flexibility index (Phi) is 3.61. The van der Waals surface area contributed by atoms with Gasteiger partial charge in [0.25, 0.3) is 0 Å². The second-order valence-electron chi connectivity index (χ2n) is 4.03. The lowest BCUT2D eigenvalue weighted by atomic mass is 10.4. The van der Waals surface area contributed by atoms with E-state index in [4.69, 9.17) is 5.73 Å². The first-order chi connectivity index (χ1) is 8.65. The Morgan fingerprint density at radius 2 is 2.39 bits per heavy atom. The van der Waals surface area contributed by atoms with Crippen LogP contribution in [0.2, 0.25) is 0 Å². The molecule has 1 amide bonds. The molecule has 0 bridgehead atoms. The Hall–Kier alpha value is -2.31. The normalized spacial score (nSPS) is 10.5. The van der Waals surface area contributed by atoms with Gasteiger partial charge in [-0.05, 0) is 0 Å². The molecule has 2 heterocycles. The standard InChI is InChI=1S/C11H16N6O/c1-16-5-4-13-10(16)2-3-14-11(18)8-17-7-9(12)6-15-17/h4-7H,2-3,8,12H2,1H3,(H,14,18). The summed E-state index contributed by atoms with van der Waals surface area (Å²) < 4.78 is 3.44. The van der Waals surface area contributed by atoms with Crippen molar-refractivity contribution in [3.8, 4) is 0 Å². The van der Waals surface area contributed by atoms with Crippen LogP contribution in [0, 0.1) is 0 Å². The highest BCUT2D eigenvalue weighted by Crippen LogP contribution is 1.97. The van der Waals surface area contributed by atoms with Gasteiger partial charge in [0, 0.05) is 38.6 Å². The minimum Gasteiger partial charge on any atom is -0.396 e. The molecule has 0 radical (unpaired) electrons. The van der Waals surface area contributed by atoms with Crippen molar-refractivity contribution in [2.75, 3.05) is 12.3 Å². The molecular formula is C11H16N6O. The van der Waals surface area contributed by atoms with E-state index < -0.39 is 0 Å². The minimum absolute atomic E-state index is 0.0905. The van der Waals surface area contributed by atoms with E-state index in [1.807, 2.05) is 17.8 Å². The van der Waals surface area contributed by atoms with Gasteiger partial charge in [0.1, 0.15) is 12.4 Å². The van der Waals surface area contributed by atoms with Crippen molar-refractivity contribution in [2.45, 2.75) is 13.0 Å². The van der Waals surface area contributed by atoms with Crippen molar-refractivity contribution in [3.63, 3.8) is 0 Å². The molecule has 96 valence electrons. The van der Waals surface area contributed by atoms with Gasteiger partial charge < -0.3 is 15.6 Å². The summed E-state index contributed by atoms with van der Waals surface area (Å²) in [7, 11) is 1.93. The fraction of sp³-hybridized carbons (Fsp3) is 0.364. The smallest absolute Gasteiger partial charge is 0.241 e. The van der Waals surface area contributed by atoms with Crippen molar-refractivity contribution in [2.24, 2.45) is 7.05 Å². The molecule has 0 aliphatic rings. The molecule has 7 heteroatoms. The maximum Gasteiger partial charge on any atom is 0.241 e. The molecule has 0 spiro atoms. The van der Waals surface area contributed by atoms with E-state index in [0.717, 1.165) is 5.82 Å². The van der Waals surface area contributed by atoms with Crippen LogP contribution in [0.15, 0.2) is 24.8 Å². The Labute approximate surface area is 105 Å². The zero-order valence-electron chi connectivity index (χ0n) is 10.2. The maximum absolute atomic E-state index is 11.6. The van der Waals surface area contributed by atoms with Crippen LogP contribution in [-0.4, -0.2) is 31.8 Å². The number of nitrogens with one attached hydrogen (secondary N) is 1. The number of amides is 1. The first kappa shape index (κ1) is 12.2. The molecule has 2 aromatic rings. The van der Waals surface area contributed by atoms with E-state index in [0.29, 0.717) is 18.7 Å². The fourth-order valence-electron chi connectivity index (χ4n) is 1.62. The molecule has 2 aromatic heterocycles. The summed E-state index contributed by atoms with van der Waals surface area (Å²) in [5, 5.41) is 6.75. The second kappa shape index (κ2) is 5.35. The third-order valence-corrected chi connectivity index (χ3v) is 2.55. The number of hydrogen-bond donors (Lipinski definition) is 2. The van der Waals surface area contributed by atoms with Crippen LogP contribution in [0.5, 0.6) is 0 Å². The van der Waals surface area contributed by atoms with Crippen molar-refractivity contribution >= 4 is 11.6 Å².